The van der Waals surface area contributed by atoms with Crippen LogP contribution in [0.1, 0.15) is 26.7 Å². The van der Waals surface area contributed by atoms with Gasteiger partial charge in [-0.2, -0.15) is 0 Å². The molecule has 0 radical (unpaired) electrons. The van der Waals surface area contributed by atoms with Crippen molar-refractivity contribution in [2.45, 2.75) is 38.8 Å². The number of carbonyl (C=O) groups excluding carboxylic acids is 1. The predicted molar refractivity (Wildman–Crippen MR) is 72.6 cm³/mol. The van der Waals surface area contributed by atoms with Crippen LogP contribution in [0.4, 0.5) is 4.79 Å². The highest BCUT2D eigenvalue weighted by molar-refractivity contribution is 5.82. The summed E-state index contributed by atoms with van der Waals surface area (Å²) in [7, 11) is 1.91. The van der Waals surface area contributed by atoms with Gasteiger partial charge in [0.05, 0.1) is 0 Å². The minimum absolute atomic E-state index is 0.149. The Morgan fingerprint density at radius 2 is 1.80 bits per heavy atom. The molecule has 0 aliphatic heterocycles. The molecule has 0 saturated heterocycles. The highest BCUT2D eigenvalue weighted by Crippen LogP contribution is 1.98. The fourth-order valence-electron chi connectivity index (χ4n) is 1.34. The van der Waals surface area contributed by atoms with Gasteiger partial charge in [0.1, 0.15) is 6.04 Å². The zero-order valence-corrected chi connectivity index (χ0v) is 12.0. The lowest BCUT2D eigenvalue weighted by Gasteiger charge is -2.21. The van der Waals surface area contributed by atoms with Crippen molar-refractivity contribution in [2.75, 3.05) is 20.1 Å². The summed E-state index contributed by atoms with van der Waals surface area (Å²) in [5.74, 6) is -2.35. The van der Waals surface area contributed by atoms with E-state index in [0.717, 1.165) is 0 Å². The van der Waals surface area contributed by atoms with Crippen LogP contribution in [0, 0.1) is 0 Å². The summed E-state index contributed by atoms with van der Waals surface area (Å²) in [4.78, 5) is 34.8. The molecule has 0 aromatic heterocycles. The van der Waals surface area contributed by atoms with Gasteiger partial charge in [0, 0.05) is 25.6 Å². The van der Waals surface area contributed by atoms with Crippen molar-refractivity contribution in [1.29, 1.82) is 0 Å². The number of amides is 2. The number of nitrogens with one attached hydrogen (secondary N) is 2. The van der Waals surface area contributed by atoms with E-state index >= 15 is 0 Å². The molecule has 20 heavy (non-hydrogen) atoms. The molecule has 0 saturated carbocycles. The second kappa shape index (κ2) is 9.13. The summed E-state index contributed by atoms with van der Waals surface area (Å²) >= 11 is 0. The Balaban J connectivity index is 4.07. The molecule has 0 aliphatic rings. The normalized spacial score (nSPS) is 12.2. The predicted octanol–water partition coefficient (Wildman–Crippen LogP) is -0.0562. The number of nitrogens with zero attached hydrogens (tertiary/aromatic N) is 1. The Kier molecular flexibility index (Phi) is 8.30. The first-order valence-electron chi connectivity index (χ1n) is 6.43. The average molecular weight is 289 g/mol. The molecule has 1 unspecified atom stereocenters. The minimum Gasteiger partial charge on any atom is -0.481 e. The maximum absolute atomic E-state index is 11.5. The van der Waals surface area contributed by atoms with Crippen LogP contribution in [0.15, 0.2) is 0 Å². The number of likely N-dealkylation sites (N-methyl/N-ethyl adjacent to an activating group) is 1. The molecule has 2 amide bonds. The number of carboxylic acids is 2. The molecule has 8 nitrogen and oxygen atoms in total. The van der Waals surface area contributed by atoms with E-state index in [1.165, 1.54) is 0 Å². The van der Waals surface area contributed by atoms with Crippen molar-refractivity contribution in [1.82, 2.24) is 15.5 Å². The van der Waals surface area contributed by atoms with Crippen LogP contribution in [0.2, 0.25) is 0 Å². The number of rotatable bonds is 9. The summed E-state index contributed by atoms with van der Waals surface area (Å²) in [5.41, 5.74) is 0. The van der Waals surface area contributed by atoms with E-state index in [9.17, 15) is 14.4 Å². The summed E-state index contributed by atoms with van der Waals surface area (Å²) in [6.07, 6.45) is -0.461. The quantitative estimate of drug-likeness (QED) is 0.472. The van der Waals surface area contributed by atoms with Crippen molar-refractivity contribution in [3.05, 3.63) is 0 Å². The number of carboxylic acid groups (broad SMARTS) is 2. The van der Waals surface area contributed by atoms with Crippen LogP contribution in [0.5, 0.6) is 0 Å². The highest BCUT2D eigenvalue weighted by atomic mass is 16.4. The second-order valence-electron chi connectivity index (χ2n) is 4.80. The fraction of sp³-hybridized carbons (Fsp3) is 0.750. The average Bonchev–Trinajstić information content (AvgIpc) is 2.33. The first-order chi connectivity index (χ1) is 9.23. The van der Waals surface area contributed by atoms with Crippen molar-refractivity contribution < 1.29 is 24.6 Å². The number of aliphatic carboxylic acids is 2. The van der Waals surface area contributed by atoms with Crippen LogP contribution < -0.4 is 10.6 Å². The Bertz CT molecular complexity index is 346. The SMILES string of the molecule is CC(C)N(C)CCNC(=O)NC(CCC(=O)O)C(=O)O. The van der Waals surface area contributed by atoms with E-state index in [1.807, 2.05) is 25.8 Å². The lowest BCUT2D eigenvalue weighted by Crippen LogP contribution is -2.47. The van der Waals surface area contributed by atoms with E-state index in [4.69, 9.17) is 10.2 Å². The molecule has 116 valence electrons. The van der Waals surface area contributed by atoms with Crippen molar-refractivity contribution >= 4 is 18.0 Å². The van der Waals surface area contributed by atoms with E-state index in [1.54, 1.807) is 0 Å². The molecule has 4 N–H and O–H groups in total. The van der Waals surface area contributed by atoms with Crippen LogP contribution in [0.3, 0.4) is 0 Å². The van der Waals surface area contributed by atoms with E-state index in [2.05, 4.69) is 10.6 Å². The van der Waals surface area contributed by atoms with Gasteiger partial charge in [0.15, 0.2) is 0 Å². The molecule has 8 heteroatoms. The van der Waals surface area contributed by atoms with Crippen molar-refractivity contribution in [3.8, 4) is 0 Å². The Morgan fingerprint density at radius 1 is 1.20 bits per heavy atom. The molecule has 0 fully saturated rings. The van der Waals surface area contributed by atoms with E-state index in [0.29, 0.717) is 19.1 Å². The maximum atomic E-state index is 11.5. The molecular weight excluding hydrogens is 266 g/mol. The van der Waals surface area contributed by atoms with Gasteiger partial charge in [-0.05, 0) is 27.3 Å². The van der Waals surface area contributed by atoms with Crippen molar-refractivity contribution in [3.63, 3.8) is 0 Å². The van der Waals surface area contributed by atoms with E-state index in [-0.39, 0.29) is 12.8 Å². The molecule has 0 aliphatic carbocycles. The molecular formula is C12H23N3O5. The summed E-state index contributed by atoms with van der Waals surface area (Å²) in [5, 5.41) is 22.2. The largest absolute Gasteiger partial charge is 0.481 e. The van der Waals surface area contributed by atoms with Gasteiger partial charge in [0.25, 0.3) is 0 Å². The Hall–Kier alpha value is -1.83. The molecule has 0 rings (SSSR count). The topological polar surface area (TPSA) is 119 Å². The number of urea groups is 1. The third-order valence-corrected chi connectivity index (χ3v) is 2.88. The van der Waals surface area contributed by atoms with E-state index < -0.39 is 24.0 Å². The lowest BCUT2D eigenvalue weighted by atomic mass is 10.1. The molecule has 0 aromatic carbocycles. The minimum atomic E-state index is -1.25. The first-order valence-corrected chi connectivity index (χ1v) is 6.43. The Morgan fingerprint density at radius 3 is 2.25 bits per heavy atom. The van der Waals surface area contributed by atoms with Crippen LogP contribution >= 0.6 is 0 Å². The third-order valence-electron chi connectivity index (χ3n) is 2.88. The van der Waals surface area contributed by atoms with Gasteiger partial charge in [-0.15, -0.1) is 0 Å². The smallest absolute Gasteiger partial charge is 0.326 e. The van der Waals surface area contributed by atoms with Gasteiger partial charge in [0.2, 0.25) is 0 Å². The summed E-state index contributed by atoms with van der Waals surface area (Å²) in [6.45, 7) is 5.06. The molecule has 0 spiro atoms. The first kappa shape index (κ1) is 18.2. The Labute approximate surface area is 118 Å². The fourth-order valence-corrected chi connectivity index (χ4v) is 1.34. The van der Waals surface area contributed by atoms with Crippen LogP contribution in [-0.2, 0) is 9.59 Å². The number of hydrogen-bond acceptors (Lipinski definition) is 4. The lowest BCUT2D eigenvalue weighted by molar-refractivity contribution is -0.140. The molecule has 0 aromatic rings. The third kappa shape index (κ3) is 8.30. The molecule has 1 atom stereocenters. The van der Waals surface area contributed by atoms with Gasteiger partial charge >= 0.3 is 18.0 Å². The van der Waals surface area contributed by atoms with Crippen LogP contribution in [0.25, 0.3) is 0 Å². The highest BCUT2D eigenvalue weighted by Gasteiger charge is 2.20. The monoisotopic (exact) mass is 289 g/mol. The maximum Gasteiger partial charge on any atom is 0.326 e. The van der Waals surface area contributed by atoms with Crippen LogP contribution in [-0.4, -0.2) is 65.3 Å². The van der Waals surface area contributed by atoms with Gasteiger partial charge in [-0.3, -0.25) is 4.79 Å². The second-order valence-corrected chi connectivity index (χ2v) is 4.80. The summed E-state index contributed by atoms with van der Waals surface area (Å²) < 4.78 is 0. The number of carbonyl (C=O) groups is 3. The van der Waals surface area contributed by atoms with Crippen molar-refractivity contribution in [2.24, 2.45) is 0 Å². The molecule has 0 bridgehead atoms. The standard InChI is InChI=1S/C12H23N3O5/c1-8(2)15(3)7-6-13-12(20)14-9(11(18)19)4-5-10(16)17/h8-9H,4-7H2,1-3H3,(H,16,17)(H,18,19)(H2,13,14,20). The number of hydrogen-bond donors (Lipinski definition) is 4. The van der Waals surface area contributed by atoms with Gasteiger partial charge in [-0.1, -0.05) is 0 Å². The molecule has 0 heterocycles. The van der Waals surface area contributed by atoms with Gasteiger partial charge in [-0.25, -0.2) is 9.59 Å². The zero-order valence-electron chi connectivity index (χ0n) is 12.0. The van der Waals surface area contributed by atoms with Gasteiger partial charge < -0.3 is 25.7 Å². The summed E-state index contributed by atoms with van der Waals surface area (Å²) in [6, 6.07) is -1.46. The zero-order chi connectivity index (χ0) is 15.7.